The van der Waals surface area contributed by atoms with Gasteiger partial charge in [0.05, 0.1) is 12.2 Å². The highest BCUT2D eigenvalue weighted by Crippen LogP contribution is 2.07. The minimum Gasteiger partial charge on any atom is -0.436 e. The number of rotatable bonds is 4. The van der Waals surface area contributed by atoms with Gasteiger partial charge in [-0.15, -0.1) is 0 Å². The van der Waals surface area contributed by atoms with Gasteiger partial charge in [0.2, 0.25) is 0 Å². The van der Waals surface area contributed by atoms with Crippen LogP contribution in [0.15, 0.2) is 0 Å². The molecule has 1 unspecified atom stereocenters. The summed E-state index contributed by atoms with van der Waals surface area (Å²) < 4.78 is 9.66. The third-order valence-corrected chi connectivity index (χ3v) is 1.10. The van der Waals surface area contributed by atoms with Crippen LogP contribution in [0.2, 0.25) is 0 Å². The normalized spacial score (nSPS) is 13.5. The number of carbonyl (C=O) groups excluding carboxylic acids is 2. The minimum atomic E-state index is -0.977. The van der Waals surface area contributed by atoms with Gasteiger partial charge >= 0.3 is 6.09 Å². The van der Waals surface area contributed by atoms with Gasteiger partial charge in [-0.3, -0.25) is 4.79 Å². The Morgan fingerprint density at radius 3 is 2.38 bits per heavy atom. The van der Waals surface area contributed by atoms with E-state index in [1.807, 2.05) is 20.8 Å². The molecule has 1 amide bonds. The second kappa shape index (κ2) is 4.81. The van der Waals surface area contributed by atoms with Crippen LogP contribution in [0.1, 0.15) is 20.8 Å². The molecule has 0 aliphatic heterocycles. The van der Waals surface area contributed by atoms with Crippen molar-refractivity contribution < 1.29 is 19.1 Å². The zero-order valence-electron chi connectivity index (χ0n) is 8.07. The van der Waals surface area contributed by atoms with E-state index in [0.717, 1.165) is 0 Å². The number of amides is 1. The molecule has 0 saturated carbocycles. The maximum Gasteiger partial charge on any atom is 0.405 e. The molecule has 0 spiro atoms. The molecule has 0 radical (unpaired) electrons. The molecule has 0 aliphatic carbocycles. The van der Waals surface area contributed by atoms with Crippen LogP contribution in [0.4, 0.5) is 4.79 Å². The third-order valence-electron chi connectivity index (χ3n) is 1.10. The zero-order valence-corrected chi connectivity index (χ0v) is 8.07. The molecule has 0 aliphatic rings. The van der Waals surface area contributed by atoms with Crippen molar-refractivity contribution in [2.75, 3.05) is 6.61 Å². The molecule has 0 saturated heterocycles. The van der Waals surface area contributed by atoms with Gasteiger partial charge in [-0.05, 0) is 20.8 Å². The van der Waals surface area contributed by atoms with Crippen LogP contribution in [0.5, 0.6) is 0 Å². The number of aldehydes is 1. The van der Waals surface area contributed by atoms with E-state index in [9.17, 15) is 9.59 Å². The summed E-state index contributed by atoms with van der Waals surface area (Å²) in [6.45, 7) is 5.52. The lowest BCUT2D eigenvalue weighted by Gasteiger charge is -2.21. The van der Waals surface area contributed by atoms with E-state index >= 15 is 0 Å². The summed E-state index contributed by atoms with van der Waals surface area (Å²) in [5, 5.41) is 0. The summed E-state index contributed by atoms with van der Waals surface area (Å²) in [5.41, 5.74) is 4.36. The Morgan fingerprint density at radius 2 is 2.08 bits per heavy atom. The molecule has 0 aromatic carbocycles. The Labute approximate surface area is 77.2 Å². The second-order valence-electron chi connectivity index (χ2n) is 3.53. The van der Waals surface area contributed by atoms with Crippen LogP contribution in [0, 0.1) is 0 Å². The monoisotopic (exact) mass is 189 g/mol. The van der Waals surface area contributed by atoms with Crippen molar-refractivity contribution in [2.24, 2.45) is 5.73 Å². The van der Waals surface area contributed by atoms with Crippen molar-refractivity contribution in [3.05, 3.63) is 0 Å². The largest absolute Gasteiger partial charge is 0.436 e. The molecule has 5 heteroatoms. The fourth-order valence-corrected chi connectivity index (χ4v) is 0.582. The summed E-state index contributed by atoms with van der Waals surface area (Å²) in [7, 11) is 0. The van der Waals surface area contributed by atoms with Gasteiger partial charge in [0.1, 0.15) is 0 Å². The number of hydrogen-bond acceptors (Lipinski definition) is 4. The van der Waals surface area contributed by atoms with Gasteiger partial charge in [0.25, 0.3) is 0 Å². The van der Waals surface area contributed by atoms with Crippen molar-refractivity contribution in [1.82, 2.24) is 0 Å². The molecule has 0 bridgehead atoms. The van der Waals surface area contributed by atoms with Gasteiger partial charge in [0.15, 0.2) is 12.4 Å². The molecule has 0 heterocycles. The van der Waals surface area contributed by atoms with E-state index in [2.05, 4.69) is 4.74 Å². The molecule has 0 rings (SSSR count). The first-order valence-corrected chi connectivity index (χ1v) is 3.90. The van der Waals surface area contributed by atoms with Crippen LogP contribution in [-0.4, -0.2) is 30.7 Å². The number of primary amides is 1. The van der Waals surface area contributed by atoms with Crippen molar-refractivity contribution in [3.63, 3.8) is 0 Å². The van der Waals surface area contributed by atoms with Crippen LogP contribution < -0.4 is 5.73 Å². The summed E-state index contributed by atoms with van der Waals surface area (Å²) in [6, 6.07) is 0. The molecule has 0 fully saturated rings. The lowest BCUT2D eigenvalue weighted by Crippen LogP contribution is -2.32. The SMILES string of the molecule is CC(C)(C)OCC(C=O)OC(N)=O. The first kappa shape index (κ1) is 11.9. The first-order valence-electron chi connectivity index (χ1n) is 3.90. The zero-order chi connectivity index (χ0) is 10.5. The van der Waals surface area contributed by atoms with Crippen molar-refractivity contribution in [3.8, 4) is 0 Å². The minimum absolute atomic E-state index is 0.0237. The number of nitrogens with two attached hydrogens (primary N) is 1. The highest BCUT2D eigenvalue weighted by molar-refractivity contribution is 5.69. The Morgan fingerprint density at radius 1 is 1.54 bits per heavy atom. The summed E-state index contributed by atoms with van der Waals surface area (Å²) in [6.07, 6.45) is -1.41. The Balaban J connectivity index is 3.86. The molecular weight excluding hydrogens is 174 g/mol. The van der Waals surface area contributed by atoms with E-state index < -0.39 is 12.2 Å². The van der Waals surface area contributed by atoms with Crippen LogP contribution in [0.3, 0.4) is 0 Å². The maximum absolute atomic E-state index is 10.3. The van der Waals surface area contributed by atoms with E-state index in [1.54, 1.807) is 0 Å². The molecule has 0 aromatic rings. The maximum atomic E-state index is 10.3. The van der Waals surface area contributed by atoms with Gasteiger partial charge in [-0.25, -0.2) is 4.79 Å². The number of carbonyl (C=O) groups is 2. The Bertz CT molecular complexity index is 185. The standard InChI is InChI=1S/C8H15NO4/c1-8(2,3)12-5-6(4-10)13-7(9)11/h4,6H,5H2,1-3H3,(H2,9,11). The average Bonchev–Trinajstić information content (AvgIpc) is 1.95. The molecule has 0 aromatic heterocycles. The summed E-state index contributed by atoms with van der Waals surface area (Å²) in [5.74, 6) is 0. The number of ether oxygens (including phenoxy) is 2. The fourth-order valence-electron chi connectivity index (χ4n) is 0.582. The third kappa shape index (κ3) is 7.27. The summed E-state index contributed by atoms with van der Waals surface area (Å²) in [4.78, 5) is 20.6. The highest BCUT2D eigenvalue weighted by Gasteiger charge is 2.16. The van der Waals surface area contributed by atoms with Crippen molar-refractivity contribution in [1.29, 1.82) is 0 Å². The van der Waals surface area contributed by atoms with E-state index in [4.69, 9.17) is 10.5 Å². The van der Waals surface area contributed by atoms with Crippen molar-refractivity contribution in [2.45, 2.75) is 32.5 Å². The van der Waals surface area contributed by atoms with Gasteiger partial charge < -0.3 is 15.2 Å². The van der Waals surface area contributed by atoms with E-state index in [1.165, 1.54) is 0 Å². The topological polar surface area (TPSA) is 78.6 Å². The Hall–Kier alpha value is -1.10. The van der Waals surface area contributed by atoms with E-state index in [0.29, 0.717) is 6.29 Å². The molecule has 13 heavy (non-hydrogen) atoms. The fraction of sp³-hybridized carbons (Fsp3) is 0.750. The second-order valence-corrected chi connectivity index (χ2v) is 3.53. The molecule has 5 nitrogen and oxygen atoms in total. The summed E-state index contributed by atoms with van der Waals surface area (Å²) >= 11 is 0. The molecule has 1 atom stereocenters. The highest BCUT2D eigenvalue weighted by atomic mass is 16.6. The van der Waals surface area contributed by atoms with E-state index in [-0.39, 0.29) is 12.2 Å². The molecular formula is C8H15NO4. The van der Waals surface area contributed by atoms with Gasteiger partial charge in [-0.2, -0.15) is 0 Å². The van der Waals surface area contributed by atoms with Crippen LogP contribution in [0.25, 0.3) is 0 Å². The Kier molecular flexibility index (Phi) is 4.40. The van der Waals surface area contributed by atoms with Gasteiger partial charge in [0, 0.05) is 0 Å². The van der Waals surface area contributed by atoms with Crippen LogP contribution >= 0.6 is 0 Å². The predicted molar refractivity (Wildman–Crippen MR) is 46.2 cm³/mol. The lowest BCUT2D eigenvalue weighted by atomic mass is 10.2. The van der Waals surface area contributed by atoms with Crippen molar-refractivity contribution >= 4 is 12.4 Å². The molecule has 2 N–H and O–H groups in total. The smallest absolute Gasteiger partial charge is 0.405 e. The predicted octanol–water partition coefficient (Wildman–Crippen LogP) is 0.464. The quantitative estimate of drug-likeness (QED) is 0.652. The number of hydrogen-bond donors (Lipinski definition) is 1. The lowest BCUT2D eigenvalue weighted by molar-refractivity contribution is -0.121. The average molecular weight is 189 g/mol. The van der Waals surface area contributed by atoms with Crippen LogP contribution in [-0.2, 0) is 14.3 Å². The van der Waals surface area contributed by atoms with Gasteiger partial charge in [-0.1, -0.05) is 0 Å². The molecule has 76 valence electrons. The first-order chi connectivity index (χ1) is 5.85.